The summed E-state index contributed by atoms with van der Waals surface area (Å²) in [6.07, 6.45) is 4.95. The van der Waals surface area contributed by atoms with Gasteiger partial charge in [-0.3, -0.25) is 0 Å². The SMILES string of the molecule is COC(=O)c1cc(CC2(N)CC2)cn1C. The first kappa shape index (κ1) is 10.2. The molecule has 1 heterocycles. The highest BCUT2D eigenvalue weighted by atomic mass is 16.5. The zero-order valence-electron chi connectivity index (χ0n) is 9.12. The topological polar surface area (TPSA) is 57.2 Å². The molecule has 0 saturated heterocycles. The van der Waals surface area contributed by atoms with Crippen LogP contribution in [0, 0.1) is 0 Å². The molecule has 0 aliphatic heterocycles. The van der Waals surface area contributed by atoms with Gasteiger partial charge in [0.05, 0.1) is 7.11 Å². The first-order chi connectivity index (χ1) is 7.04. The van der Waals surface area contributed by atoms with Crippen molar-refractivity contribution in [1.82, 2.24) is 4.57 Å². The van der Waals surface area contributed by atoms with Crippen LogP contribution in [0.4, 0.5) is 0 Å². The predicted octanol–water partition coefficient (Wildman–Crippen LogP) is 0.846. The largest absolute Gasteiger partial charge is 0.464 e. The van der Waals surface area contributed by atoms with E-state index in [1.54, 1.807) is 4.57 Å². The highest BCUT2D eigenvalue weighted by Crippen LogP contribution is 2.35. The first-order valence-corrected chi connectivity index (χ1v) is 5.06. The lowest BCUT2D eigenvalue weighted by Crippen LogP contribution is -2.24. The lowest BCUT2D eigenvalue weighted by atomic mass is 10.1. The van der Waals surface area contributed by atoms with E-state index in [9.17, 15) is 4.79 Å². The predicted molar refractivity (Wildman–Crippen MR) is 56.6 cm³/mol. The monoisotopic (exact) mass is 208 g/mol. The second-order valence-electron chi connectivity index (χ2n) is 4.38. The van der Waals surface area contributed by atoms with Crippen molar-refractivity contribution >= 4 is 5.97 Å². The molecular weight excluding hydrogens is 192 g/mol. The molecule has 4 heteroatoms. The van der Waals surface area contributed by atoms with Gasteiger partial charge in [0.25, 0.3) is 0 Å². The highest BCUT2D eigenvalue weighted by molar-refractivity contribution is 5.87. The van der Waals surface area contributed by atoms with Crippen molar-refractivity contribution in [2.45, 2.75) is 24.8 Å². The van der Waals surface area contributed by atoms with Crippen LogP contribution in [0.3, 0.4) is 0 Å². The molecule has 1 aromatic rings. The molecule has 0 radical (unpaired) electrons. The Morgan fingerprint density at radius 3 is 2.87 bits per heavy atom. The molecule has 0 aromatic carbocycles. The summed E-state index contributed by atoms with van der Waals surface area (Å²) in [4.78, 5) is 11.4. The summed E-state index contributed by atoms with van der Waals surface area (Å²) < 4.78 is 6.47. The first-order valence-electron chi connectivity index (χ1n) is 5.06. The number of ether oxygens (including phenoxy) is 1. The van der Waals surface area contributed by atoms with Crippen molar-refractivity contribution in [3.05, 3.63) is 23.5 Å². The fourth-order valence-electron chi connectivity index (χ4n) is 1.78. The van der Waals surface area contributed by atoms with Crippen LogP contribution in [0.2, 0.25) is 0 Å². The van der Waals surface area contributed by atoms with Gasteiger partial charge in [0.2, 0.25) is 0 Å². The minimum Gasteiger partial charge on any atom is -0.464 e. The van der Waals surface area contributed by atoms with Crippen molar-refractivity contribution in [2.24, 2.45) is 12.8 Å². The Hall–Kier alpha value is -1.29. The Morgan fingerprint density at radius 1 is 1.67 bits per heavy atom. The van der Waals surface area contributed by atoms with Gasteiger partial charge in [-0.1, -0.05) is 0 Å². The number of hydrogen-bond acceptors (Lipinski definition) is 3. The molecule has 4 nitrogen and oxygen atoms in total. The number of nitrogens with zero attached hydrogens (tertiary/aromatic N) is 1. The third-order valence-corrected chi connectivity index (χ3v) is 2.90. The summed E-state index contributed by atoms with van der Waals surface area (Å²) in [5.74, 6) is -0.300. The van der Waals surface area contributed by atoms with Crippen LogP contribution in [-0.4, -0.2) is 23.2 Å². The molecule has 1 saturated carbocycles. The number of carbonyl (C=O) groups is 1. The number of rotatable bonds is 3. The highest BCUT2D eigenvalue weighted by Gasteiger charge is 2.38. The van der Waals surface area contributed by atoms with Crippen LogP contribution in [0.5, 0.6) is 0 Å². The van der Waals surface area contributed by atoms with Gasteiger partial charge in [-0.25, -0.2) is 4.79 Å². The summed E-state index contributed by atoms with van der Waals surface area (Å²) in [7, 11) is 3.23. The number of methoxy groups -OCH3 is 1. The smallest absolute Gasteiger partial charge is 0.354 e. The van der Waals surface area contributed by atoms with E-state index < -0.39 is 0 Å². The van der Waals surface area contributed by atoms with E-state index in [2.05, 4.69) is 4.74 Å². The van der Waals surface area contributed by atoms with Gasteiger partial charge in [0.1, 0.15) is 5.69 Å². The van der Waals surface area contributed by atoms with E-state index in [4.69, 9.17) is 5.73 Å². The molecule has 1 aliphatic rings. The van der Waals surface area contributed by atoms with Crippen LogP contribution in [0.25, 0.3) is 0 Å². The molecule has 1 aliphatic carbocycles. The van der Waals surface area contributed by atoms with Crippen molar-refractivity contribution < 1.29 is 9.53 Å². The Bertz CT molecular complexity index is 391. The zero-order chi connectivity index (χ0) is 11.1. The maximum atomic E-state index is 11.4. The maximum Gasteiger partial charge on any atom is 0.354 e. The Balaban J connectivity index is 2.17. The Kier molecular flexibility index (Phi) is 2.31. The summed E-state index contributed by atoms with van der Waals surface area (Å²) >= 11 is 0. The molecule has 0 unspecified atom stereocenters. The van der Waals surface area contributed by atoms with E-state index in [-0.39, 0.29) is 11.5 Å². The van der Waals surface area contributed by atoms with Crippen LogP contribution in [0.15, 0.2) is 12.3 Å². The number of hydrogen-bond donors (Lipinski definition) is 1. The molecule has 82 valence electrons. The van der Waals surface area contributed by atoms with Crippen LogP contribution >= 0.6 is 0 Å². The lowest BCUT2D eigenvalue weighted by molar-refractivity contribution is 0.0590. The van der Waals surface area contributed by atoms with Gasteiger partial charge < -0.3 is 15.0 Å². The van der Waals surface area contributed by atoms with Crippen LogP contribution in [-0.2, 0) is 18.2 Å². The molecule has 0 bridgehead atoms. The number of esters is 1. The average molecular weight is 208 g/mol. The molecule has 2 rings (SSSR count). The van der Waals surface area contributed by atoms with Gasteiger partial charge in [0.15, 0.2) is 0 Å². The molecule has 15 heavy (non-hydrogen) atoms. The molecule has 0 atom stereocenters. The summed E-state index contributed by atoms with van der Waals surface area (Å²) in [5, 5.41) is 0. The molecule has 1 fully saturated rings. The summed E-state index contributed by atoms with van der Waals surface area (Å²) in [5.41, 5.74) is 7.69. The zero-order valence-corrected chi connectivity index (χ0v) is 9.12. The number of nitrogens with two attached hydrogens (primary N) is 1. The Labute approximate surface area is 89.0 Å². The van der Waals surface area contributed by atoms with Gasteiger partial charge >= 0.3 is 5.97 Å². The molecule has 2 N–H and O–H groups in total. The van der Waals surface area contributed by atoms with E-state index in [1.807, 2.05) is 19.3 Å². The van der Waals surface area contributed by atoms with E-state index >= 15 is 0 Å². The molecule has 1 aromatic heterocycles. The van der Waals surface area contributed by atoms with Crippen molar-refractivity contribution in [3.63, 3.8) is 0 Å². The quantitative estimate of drug-likeness (QED) is 0.749. The standard InChI is InChI=1S/C11H16N2O2/c1-13-7-8(6-11(12)3-4-11)5-9(13)10(14)15-2/h5,7H,3-4,6,12H2,1-2H3. The molecule has 0 spiro atoms. The van der Waals surface area contributed by atoms with Crippen LogP contribution in [0.1, 0.15) is 28.9 Å². The van der Waals surface area contributed by atoms with E-state index in [0.29, 0.717) is 5.69 Å². The minimum absolute atomic E-state index is 0.0191. The number of aromatic nitrogens is 1. The summed E-state index contributed by atoms with van der Waals surface area (Å²) in [6.45, 7) is 0. The molecule has 0 amide bonds. The fraction of sp³-hybridized carbons (Fsp3) is 0.545. The third-order valence-electron chi connectivity index (χ3n) is 2.90. The van der Waals surface area contributed by atoms with Gasteiger partial charge in [-0.05, 0) is 30.9 Å². The van der Waals surface area contributed by atoms with Crippen molar-refractivity contribution in [3.8, 4) is 0 Å². The summed E-state index contributed by atoms with van der Waals surface area (Å²) in [6, 6.07) is 1.86. The van der Waals surface area contributed by atoms with Crippen molar-refractivity contribution in [1.29, 1.82) is 0 Å². The van der Waals surface area contributed by atoms with Gasteiger partial charge in [0, 0.05) is 18.8 Å². The number of aryl methyl sites for hydroxylation is 1. The van der Waals surface area contributed by atoms with Gasteiger partial charge in [-0.2, -0.15) is 0 Å². The van der Waals surface area contributed by atoms with E-state index in [0.717, 1.165) is 24.8 Å². The lowest BCUT2D eigenvalue weighted by Gasteiger charge is -2.04. The van der Waals surface area contributed by atoms with Crippen molar-refractivity contribution in [2.75, 3.05) is 7.11 Å². The maximum absolute atomic E-state index is 11.4. The number of carbonyl (C=O) groups excluding carboxylic acids is 1. The van der Waals surface area contributed by atoms with Gasteiger partial charge in [-0.15, -0.1) is 0 Å². The second kappa shape index (κ2) is 3.38. The normalized spacial score (nSPS) is 17.5. The average Bonchev–Trinajstić information content (AvgIpc) is 2.79. The fourth-order valence-corrected chi connectivity index (χ4v) is 1.78. The second-order valence-corrected chi connectivity index (χ2v) is 4.38. The van der Waals surface area contributed by atoms with E-state index in [1.165, 1.54) is 7.11 Å². The minimum atomic E-state index is -0.300. The third kappa shape index (κ3) is 2.04. The van der Waals surface area contributed by atoms with Crippen LogP contribution < -0.4 is 5.73 Å². The Morgan fingerprint density at radius 2 is 2.33 bits per heavy atom. The molecular formula is C11H16N2O2.